The van der Waals surface area contributed by atoms with Crippen molar-refractivity contribution in [1.82, 2.24) is 0 Å². The summed E-state index contributed by atoms with van der Waals surface area (Å²) in [5, 5.41) is 18.1. The third kappa shape index (κ3) is 4.28. The van der Waals surface area contributed by atoms with Gasteiger partial charge in [0, 0.05) is 12.1 Å². The van der Waals surface area contributed by atoms with Crippen LogP contribution in [-0.4, -0.2) is 23.1 Å². The van der Waals surface area contributed by atoms with Gasteiger partial charge >= 0.3 is 0 Å². The van der Waals surface area contributed by atoms with Crippen LogP contribution in [0.5, 0.6) is 5.75 Å². The van der Waals surface area contributed by atoms with Crippen molar-refractivity contribution in [2.24, 2.45) is 0 Å². The molecule has 4 heteroatoms. The highest BCUT2D eigenvalue weighted by Crippen LogP contribution is 2.35. The molecule has 0 aromatic heterocycles. The Hall–Kier alpha value is -2.27. The van der Waals surface area contributed by atoms with E-state index >= 15 is 0 Å². The molecule has 0 amide bonds. The number of aliphatic hydroxyl groups is 2. The van der Waals surface area contributed by atoms with Gasteiger partial charge in [-0.3, -0.25) is 0 Å². The van der Waals surface area contributed by atoms with Crippen molar-refractivity contribution in [2.45, 2.75) is 34.8 Å². The smallest absolute Gasteiger partial charge is 0.186 e. The SMILES string of the molecule is Cc1cc([S+](c2ccccc2)c2ccccc2)cc(C)c1OCC(O)O. The first-order valence-corrected chi connectivity index (χ1v) is 9.73. The van der Waals surface area contributed by atoms with Gasteiger partial charge in [-0.05, 0) is 49.2 Å². The Morgan fingerprint density at radius 3 is 1.65 bits per heavy atom. The Labute approximate surface area is 157 Å². The largest absolute Gasteiger partial charge is 0.488 e. The van der Waals surface area contributed by atoms with Crippen LogP contribution in [0.1, 0.15) is 11.1 Å². The second-order valence-corrected chi connectivity index (χ2v) is 8.14. The van der Waals surface area contributed by atoms with Crippen molar-refractivity contribution >= 4 is 10.9 Å². The van der Waals surface area contributed by atoms with Gasteiger partial charge in [0.15, 0.2) is 21.0 Å². The molecule has 0 spiro atoms. The van der Waals surface area contributed by atoms with Crippen molar-refractivity contribution in [2.75, 3.05) is 6.61 Å². The normalized spacial score (nSPS) is 11.2. The average Bonchev–Trinajstić information content (AvgIpc) is 2.63. The molecule has 0 bridgehead atoms. The summed E-state index contributed by atoms with van der Waals surface area (Å²) in [6.07, 6.45) is -1.48. The molecule has 3 nitrogen and oxygen atoms in total. The fourth-order valence-electron chi connectivity index (χ4n) is 2.94. The van der Waals surface area contributed by atoms with E-state index in [4.69, 9.17) is 14.9 Å². The molecule has 3 rings (SSSR count). The summed E-state index contributed by atoms with van der Waals surface area (Å²) in [5.41, 5.74) is 1.98. The van der Waals surface area contributed by atoms with Gasteiger partial charge in [0.2, 0.25) is 0 Å². The molecule has 3 aromatic carbocycles. The summed E-state index contributed by atoms with van der Waals surface area (Å²) < 4.78 is 5.58. The van der Waals surface area contributed by atoms with Gasteiger partial charge in [-0.15, -0.1) is 0 Å². The molecule has 0 radical (unpaired) electrons. The lowest BCUT2D eigenvalue weighted by molar-refractivity contribution is -0.0682. The monoisotopic (exact) mass is 367 g/mol. The van der Waals surface area contributed by atoms with Gasteiger partial charge in [-0.1, -0.05) is 36.4 Å². The number of rotatable bonds is 6. The predicted octanol–water partition coefficient (Wildman–Crippen LogP) is 4.09. The van der Waals surface area contributed by atoms with Gasteiger partial charge in [0.25, 0.3) is 0 Å². The first-order valence-electron chi connectivity index (χ1n) is 8.51. The molecule has 0 aliphatic rings. The van der Waals surface area contributed by atoms with E-state index in [9.17, 15) is 0 Å². The molecule has 134 valence electrons. The van der Waals surface area contributed by atoms with Crippen molar-refractivity contribution < 1.29 is 14.9 Å². The van der Waals surface area contributed by atoms with E-state index in [1.807, 2.05) is 26.0 Å². The van der Waals surface area contributed by atoms with Crippen LogP contribution in [0.25, 0.3) is 0 Å². The number of ether oxygens (including phenoxy) is 1. The van der Waals surface area contributed by atoms with E-state index in [1.165, 1.54) is 14.7 Å². The fraction of sp³-hybridized carbons (Fsp3) is 0.182. The van der Waals surface area contributed by atoms with Crippen molar-refractivity contribution in [1.29, 1.82) is 0 Å². The van der Waals surface area contributed by atoms with Crippen LogP contribution in [0.2, 0.25) is 0 Å². The third-order valence-electron chi connectivity index (χ3n) is 4.00. The summed E-state index contributed by atoms with van der Waals surface area (Å²) in [6, 6.07) is 25.2. The quantitative estimate of drug-likeness (QED) is 0.510. The van der Waals surface area contributed by atoms with E-state index in [2.05, 4.69) is 60.7 Å². The minimum atomic E-state index is -1.48. The number of benzene rings is 3. The number of aliphatic hydroxyl groups excluding tert-OH is 1. The van der Waals surface area contributed by atoms with E-state index in [-0.39, 0.29) is 17.5 Å². The number of hydrogen-bond acceptors (Lipinski definition) is 3. The zero-order chi connectivity index (χ0) is 18.5. The molecule has 0 fully saturated rings. The van der Waals surface area contributed by atoms with Crippen LogP contribution in [0.15, 0.2) is 87.5 Å². The second kappa shape index (κ2) is 8.41. The maximum Gasteiger partial charge on any atom is 0.186 e. The Kier molecular flexibility index (Phi) is 5.99. The van der Waals surface area contributed by atoms with Crippen LogP contribution >= 0.6 is 0 Å². The van der Waals surface area contributed by atoms with Gasteiger partial charge in [0.05, 0.1) is 10.9 Å². The Balaban J connectivity index is 2.05. The lowest BCUT2D eigenvalue weighted by Crippen LogP contribution is -2.17. The second-order valence-electron chi connectivity index (χ2n) is 6.11. The molecule has 0 heterocycles. The zero-order valence-electron chi connectivity index (χ0n) is 14.9. The molecular weight excluding hydrogens is 344 g/mol. The van der Waals surface area contributed by atoms with Crippen LogP contribution in [0.4, 0.5) is 0 Å². The van der Waals surface area contributed by atoms with Gasteiger partial charge < -0.3 is 14.9 Å². The molecule has 0 aliphatic carbocycles. The summed E-state index contributed by atoms with van der Waals surface area (Å²) in [7, 11) is -0.210. The summed E-state index contributed by atoms with van der Waals surface area (Å²) in [5.74, 6) is 0.714. The topological polar surface area (TPSA) is 49.7 Å². The van der Waals surface area contributed by atoms with E-state index in [0.29, 0.717) is 5.75 Å². The van der Waals surface area contributed by atoms with Crippen LogP contribution in [0, 0.1) is 13.8 Å². The predicted molar refractivity (Wildman–Crippen MR) is 105 cm³/mol. The average molecular weight is 367 g/mol. The summed E-state index contributed by atoms with van der Waals surface area (Å²) in [6.45, 7) is 3.85. The van der Waals surface area contributed by atoms with Crippen LogP contribution < -0.4 is 4.74 Å². The van der Waals surface area contributed by atoms with Crippen molar-refractivity contribution in [3.8, 4) is 5.75 Å². The molecule has 0 saturated heterocycles. The van der Waals surface area contributed by atoms with Gasteiger partial charge in [-0.25, -0.2) is 0 Å². The number of aryl methyl sites for hydroxylation is 2. The maximum absolute atomic E-state index is 9.07. The molecule has 26 heavy (non-hydrogen) atoms. The van der Waals surface area contributed by atoms with Crippen LogP contribution in [0.3, 0.4) is 0 Å². The minimum Gasteiger partial charge on any atom is -0.488 e. The fourth-order valence-corrected chi connectivity index (χ4v) is 5.20. The molecule has 0 unspecified atom stereocenters. The highest BCUT2D eigenvalue weighted by atomic mass is 32.2. The Morgan fingerprint density at radius 1 is 0.769 bits per heavy atom. The van der Waals surface area contributed by atoms with E-state index < -0.39 is 6.29 Å². The molecular formula is C22H23O3S+. The van der Waals surface area contributed by atoms with E-state index in [0.717, 1.165) is 11.1 Å². The Morgan fingerprint density at radius 2 is 1.23 bits per heavy atom. The lowest BCUT2D eigenvalue weighted by Gasteiger charge is -2.15. The third-order valence-corrected chi connectivity index (χ3v) is 6.20. The first kappa shape index (κ1) is 18.5. The zero-order valence-corrected chi connectivity index (χ0v) is 15.7. The first-order chi connectivity index (χ1) is 12.6. The van der Waals surface area contributed by atoms with Crippen molar-refractivity contribution in [3.05, 3.63) is 83.9 Å². The summed E-state index contributed by atoms with van der Waals surface area (Å²) in [4.78, 5) is 3.74. The van der Waals surface area contributed by atoms with Crippen LogP contribution in [-0.2, 0) is 10.9 Å². The highest BCUT2D eigenvalue weighted by Gasteiger charge is 2.29. The summed E-state index contributed by atoms with van der Waals surface area (Å²) >= 11 is 0. The maximum atomic E-state index is 9.07. The molecule has 3 aromatic rings. The lowest BCUT2D eigenvalue weighted by atomic mass is 10.1. The standard InChI is InChI=1S/C22H23O3S/c1-16-13-20(14-17(2)22(16)25-15-21(23)24)26(18-9-5-3-6-10-18)19-11-7-4-8-12-19/h3-14,21,23-24H,15H2,1-2H3/q+1. The van der Waals surface area contributed by atoms with E-state index in [1.54, 1.807) is 0 Å². The van der Waals surface area contributed by atoms with Gasteiger partial charge in [0.1, 0.15) is 12.4 Å². The van der Waals surface area contributed by atoms with Gasteiger partial charge in [-0.2, -0.15) is 0 Å². The molecule has 0 atom stereocenters. The van der Waals surface area contributed by atoms with Crippen molar-refractivity contribution in [3.63, 3.8) is 0 Å². The Bertz CT molecular complexity index is 785. The highest BCUT2D eigenvalue weighted by molar-refractivity contribution is 7.97. The molecule has 0 aliphatic heterocycles. The molecule has 0 saturated carbocycles. The number of hydrogen-bond donors (Lipinski definition) is 2. The molecule has 2 N–H and O–H groups in total. The minimum absolute atomic E-state index is 0.135.